The molecule has 2 unspecified atom stereocenters. The molecule has 1 aromatic rings. The number of fused-ring (bicyclic) bond motifs is 1. The van der Waals surface area contributed by atoms with E-state index >= 15 is 0 Å². The molecule has 1 aromatic carbocycles. The lowest BCUT2D eigenvalue weighted by Gasteiger charge is -2.38. The van der Waals surface area contributed by atoms with Gasteiger partial charge in [-0.25, -0.2) is 0 Å². The van der Waals surface area contributed by atoms with E-state index in [1.807, 2.05) is 24.0 Å². The van der Waals surface area contributed by atoms with Crippen molar-refractivity contribution < 1.29 is 9.53 Å². The van der Waals surface area contributed by atoms with Crippen LogP contribution in [0.3, 0.4) is 0 Å². The van der Waals surface area contributed by atoms with Crippen LogP contribution in [0, 0.1) is 6.92 Å². The second-order valence-electron chi connectivity index (χ2n) is 5.57. The number of benzene rings is 1. The molecule has 1 heterocycles. The monoisotopic (exact) mass is 338 g/mol. The van der Waals surface area contributed by atoms with Crippen molar-refractivity contribution in [1.29, 1.82) is 0 Å². The number of halogens is 1. The summed E-state index contributed by atoms with van der Waals surface area (Å²) in [6.07, 6.45) is 3.46. The summed E-state index contributed by atoms with van der Waals surface area (Å²) in [6.45, 7) is 3.21. The molecule has 3 rings (SSSR count). The Balaban J connectivity index is 1.92. The van der Waals surface area contributed by atoms with Gasteiger partial charge in [-0.2, -0.15) is 0 Å². The number of anilines is 1. The Hall–Kier alpha value is -1.07. The van der Waals surface area contributed by atoms with Gasteiger partial charge in [0, 0.05) is 22.3 Å². The molecular weight excluding hydrogens is 320 g/mol. The zero-order valence-electron chi connectivity index (χ0n) is 11.6. The summed E-state index contributed by atoms with van der Waals surface area (Å²) in [5, 5.41) is 0. The fourth-order valence-corrected chi connectivity index (χ4v) is 3.73. The third kappa shape index (κ3) is 2.33. The number of hydrogen-bond donors (Lipinski definition) is 1. The highest BCUT2D eigenvalue weighted by Crippen LogP contribution is 2.32. The number of nitrogen functional groups attached to an aromatic ring is 1. The van der Waals surface area contributed by atoms with Crippen molar-refractivity contribution in [2.24, 2.45) is 0 Å². The molecule has 0 aromatic heterocycles. The summed E-state index contributed by atoms with van der Waals surface area (Å²) in [5.74, 6) is 0.0794. The number of hydrogen-bond acceptors (Lipinski definition) is 3. The van der Waals surface area contributed by atoms with Gasteiger partial charge in [0.15, 0.2) is 0 Å². The van der Waals surface area contributed by atoms with Gasteiger partial charge >= 0.3 is 0 Å². The lowest BCUT2D eigenvalue weighted by atomic mass is 10.0. The average Bonchev–Trinajstić information content (AvgIpc) is 2.90. The summed E-state index contributed by atoms with van der Waals surface area (Å²) in [6, 6.07) is 3.94. The number of carbonyl (C=O) groups is 1. The highest BCUT2D eigenvalue weighted by atomic mass is 79.9. The van der Waals surface area contributed by atoms with Crippen molar-refractivity contribution in [2.75, 3.05) is 18.9 Å². The number of carbonyl (C=O) groups excluding carboxylic acids is 1. The van der Waals surface area contributed by atoms with Gasteiger partial charge < -0.3 is 15.4 Å². The van der Waals surface area contributed by atoms with Crippen molar-refractivity contribution in [1.82, 2.24) is 4.90 Å². The van der Waals surface area contributed by atoms with Crippen LogP contribution < -0.4 is 5.73 Å². The van der Waals surface area contributed by atoms with Crippen molar-refractivity contribution in [3.8, 4) is 0 Å². The van der Waals surface area contributed by atoms with Crippen LogP contribution in [0.1, 0.15) is 35.2 Å². The van der Waals surface area contributed by atoms with Gasteiger partial charge in [-0.05, 0) is 43.9 Å². The first-order chi connectivity index (χ1) is 9.58. The summed E-state index contributed by atoms with van der Waals surface area (Å²) in [5.41, 5.74) is 8.18. The maximum Gasteiger partial charge on any atom is 0.254 e. The Labute approximate surface area is 127 Å². The zero-order valence-corrected chi connectivity index (χ0v) is 13.1. The molecule has 20 heavy (non-hydrogen) atoms. The smallest absolute Gasteiger partial charge is 0.254 e. The molecule has 1 saturated carbocycles. The van der Waals surface area contributed by atoms with E-state index in [2.05, 4.69) is 15.9 Å². The highest BCUT2D eigenvalue weighted by Gasteiger charge is 2.39. The molecule has 1 saturated heterocycles. The number of nitrogens with two attached hydrogens (primary N) is 1. The fraction of sp³-hybridized carbons (Fsp3) is 0.533. The van der Waals surface area contributed by atoms with E-state index in [-0.39, 0.29) is 18.1 Å². The minimum Gasteiger partial charge on any atom is -0.398 e. The van der Waals surface area contributed by atoms with Crippen LogP contribution in [0.25, 0.3) is 0 Å². The minimum absolute atomic E-state index is 0.0794. The van der Waals surface area contributed by atoms with E-state index in [0.717, 1.165) is 29.3 Å². The lowest BCUT2D eigenvalue weighted by Crippen LogP contribution is -2.51. The van der Waals surface area contributed by atoms with Crippen LogP contribution in [-0.2, 0) is 4.74 Å². The summed E-state index contributed by atoms with van der Waals surface area (Å²) in [4.78, 5) is 14.8. The van der Waals surface area contributed by atoms with E-state index < -0.39 is 0 Å². The minimum atomic E-state index is 0.0794. The third-order valence-electron chi connectivity index (χ3n) is 4.39. The zero-order chi connectivity index (χ0) is 14.3. The lowest BCUT2D eigenvalue weighted by molar-refractivity contribution is -0.0445. The number of amides is 1. The SMILES string of the molecule is Cc1c(N)cc(Br)cc1C(=O)N1CCOC2CCCC21. The Morgan fingerprint density at radius 2 is 2.25 bits per heavy atom. The molecular formula is C15H19BrN2O2. The summed E-state index contributed by atoms with van der Waals surface area (Å²) in [7, 11) is 0. The van der Waals surface area contributed by atoms with Gasteiger partial charge in [0.2, 0.25) is 0 Å². The van der Waals surface area contributed by atoms with Crippen LogP contribution in [0.4, 0.5) is 5.69 Å². The summed E-state index contributed by atoms with van der Waals surface area (Å²) < 4.78 is 6.62. The van der Waals surface area contributed by atoms with Crippen LogP contribution >= 0.6 is 15.9 Å². The molecule has 1 aliphatic heterocycles. The maximum absolute atomic E-state index is 12.9. The van der Waals surface area contributed by atoms with Crippen LogP contribution in [0.15, 0.2) is 16.6 Å². The molecule has 1 amide bonds. The van der Waals surface area contributed by atoms with Gasteiger partial charge in [-0.3, -0.25) is 4.79 Å². The Morgan fingerprint density at radius 1 is 1.45 bits per heavy atom. The molecule has 0 radical (unpaired) electrons. The van der Waals surface area contributed by atoms with Gasteiger partial charge in [0.25, 0.3) is 5.91 Å². The van der Waals surface area contributed by atoms with Crippen molar-refractivity contribution in [2.45, 2.75) is 38.3 Å². The Morgan fingerprint density at radius 3 is 3.05 bits per heavy atom. The normalized spacial score (nSPS) is 25.6. The van der Waals surface area contributed by atoms with Crippen molar-refractivity contribution in [3.05, 3.63) is 27.7 Å². The summed E-state index contributed by atoms with van der Waals surface area (Å²) >= 11 is 3.42. The molecule has 2 atom stereocenters. The maximum atomic E-state index is 12.9. The first kappa shape index (κ1) is 13.9. The Bertz CT molecular complexity index is 547. The molecule has 4 nitrogen and oxygen atoms in total. The number of nitrogens with zero attached hydrogens (tertiary/aromatic N) is 1. The van der Waals surface area contributed by atoms with E-state index in [4.69, 9.17) is 10.5 Å². The van der Waals surface area contributed by atoms with Crippen LogP contribution in [-0.4, -0.2) is 36.1 Å². The highest BCUT2D eigenvalue weighted by molar-refractivity contribution is 9.10. The molecule has 5 heteroatoms. The van der Waals surface area contributed by atoms with Gasteiger partial charge in [0.05, 0.1) is 18.8 Å². The topological polar surface area (TPSA) is 55.6 Å². The van der Waals surface area contributed by atoms with Gasteiger partial charge in [0.1, 0.15) is 0 Å². The Kier molecular flexibility index (Phi) is 3.73. The van der Waals surface area contributed by atoms with Crippen LogP contribution in [0.5, 0.6) is 0 Å². The second kappa shape index (κ2) is 5.37. The van der Waals surface area contributed by atoms with Crippen LogP contribution in [0.2, 0.25) is 0 Å². The van der Waals surface area contributed by atoms with Gasteiger partial charge in [-0.15, -0.1) is 0 Å². The first-order valence-corrected chi connectivity index (χ1v) is 7.85. The van der Waals surface area contributed by atoms with E-state index in [1.165, 1.54) is 0 Å². The molecule has 2 N–H and O–H groups in total. The quantitative estimate of drug-likeness (QED) is 0.801. The first-order valence-electron chi connectivity index (χ1n) is 7.06. The van der Waals surface area contributed by atoms with E-state index in [9.17, 15) is 4.79 Å². The molecule has 2 fully saturated rings. The van der Waals surface area contributed by atoms with Crippen molar-refractivity contribution >= 4 is 27.5 Å². The predicted octanol–water partition coefficient (Wildman–Crippen LogP) is 2.73. The standard InChI is InChI=1S/C15H19BrN2O2/c1-9-11(7-10(16)8-12(9)17)15(19)18-5-6-20-14-4-2-3-13(14)18/h7-8,13-14H,2-6,17H2,1H3. The number of ether oxygens (including phenoxy) is 1. The molecule has 0 spiro atoms. The molecule has 108 valence electrons. The number of rotatable bonds is 1. The van der Waals surface area contributed by atoms with E-state index in [0.29, 0.717) is 24.4 Å². The predicted molar refractivity (Wildman–Crippen MR) is 81.7 cm³/mol. The van der Waals surface area contributed by atoms with Gasteiger partial charge in [-0.1, -0.05) is 15.9 Å². The molecule has 0 bridgehead atoms. The second-order valence-corrected chi connectivity index (χ2v) is 6.49. The third-order valence-corrected chi connectivity index (χ3v) is 4.84. The van der Waals surface area contributed by atoms with E-state index in [1.54, 1.807) is 0 Å². The average molecular weight is 339 g/mol. The molecule has 2 aliphatic rings. The number of morpholine rings is 1. The fourth-order valence-electron chi connectivity index (χ4n) is 3.25. The largest absolute Gasteiger partial charge is 0.398 e. The molecule has 1 aliphatic carbocycles. The van der Waals surface area contributed by atoms with Crippen molar-refractivity contribution in [3.63, 3.8) is 0 Å².